The Hall–Kier alpha value is -3.23. The van der Waals surface area contributed by atoms with Gasteiger partial charge in [0.1, 0.15) is 6.54 Å². The molecule has 1 aliphatic rings. The summed E-state index contributed by atoms with van der Waals surface area (Å²) in [7, 11) is 0. The van der Waals surface area contributed by atoms with Gasteiger partial charge in [-0.3, -0.25) is 9.69 Å². The van der Waals surface area contributed by atoms with E-state index in [0.29, 0.717) is 25.3 Å². The van der Waals surface area contributed by atoms with Gasteiger partial charge in [0.25, 0.3) is 0 Å². The summed E-state index contributed by atoms with van der Waals surface area (Å²) < 4.78 is 11.7. The van der Waals surface area contributed by atoms with Gasteiger partial charge in [-0.05, 0) is 17.7 Å². The average molecular weight is 408 g/mol. The number of amides is 1. The lowest BCUT2D eigenvalue weighted by Gasteiger charge is -2.31. The standard InChI is InChI=1S/C22H24N4O4/c27-20(16-26-22(28)30-21(24-26)18-9-5-2-6-10-18)23-19(17-7-3-1-4-8-17)15-25-11-13-29-14-12-25/h1-10,19H,11-16H2,(H,23,27). The van der Waals surface area contributed by atoms with E-state index in [-0.39, 0.29) is 24.4 Å². The number of rotatable bonds is 7. The van der Waals surface area contributed by atoms with Crippen LogP contribution in [0.5, 0.6) is 0 Å². The average Bonchev–Trinajstić information content (AvgIpc) is 3.15. The molecule has 1 saturated heterocycles. The highest BCUT2D eigenvalue weighted by Gasteiger charge is 2.21. The fraction of sp³-hybridized carbons (Fsp3) is 0.318. The number of carbonyl (C=O) groups is 1. The van der Waals surface area contributed by atoms with Gasteiger partial charge in [0.15, 0.2) is 0 Å². The van der Waals surface area contributed by atoms with Crippen LogP contribution in [0.15, 0.2) is 69.9 Å². The van der Waals surface area contributed by atoms with Gasteiger partial charge >= 0.3 is 5.76 Å². The Morgan fingerprint density at radius 2 is 1.70 bits per heavy atom. The molecule has 0 aliphatic carbocycles. The lowest BCUT2D eigenvalue weighted by atomic mass is 10.1. The maximum Gasteiger partial charge on any atom is 0.437 e. The minimum atomic E-state index is -0.659. The second-order valence-electron chi connectivity index (χ2n) is 7.14. The van der Waals surface area contributed by atoms with Crippen LogP contribution < -0.4 is 11.1 Å². The molecule has 2 aromatic carbocycles. The van der Waals surface area contributed by atoms with Crippen molar-refractivity contribution in [3.05, 3.63) is 76.8 Å². The van der Waals surface area contributed by atoms with Gasteiger partial charge in [-0.25, -0.2) is 4.79 Å². The zero-order valence-electron chi connectivity index (χ0n) is 16.6. The SMILES string of the molecule is O=C(Cn1nc(-c2ccccc2)oc1=O)NC(CN1CCOCC1)c1ccccc1. The largest absolute Gasteiger partial charge is 0.437 e. The molecule has 8 heteroatoms. The minimum absolute atomic E-state index is 0.196. The molecule has 1 aromatic heterocycles. The summed E-state index contributed by atoms with van der Waals surface area (Å²) in [6, 6.07) is 18.7. The Balaban J connectivity index is 1.46. The second-order valence-corrected chi connectivity index (χ2v) is 7.14. The monoisotopic (exact) mass is 408 g/mol. The van der Waals surface area contributed by atoms with Crippen LogP contribution in [-0.4, -0.2) is 53.4 Å². The summed E-state index contributed by atoms with van der Waals surface area (Å²) in [5.74, 6) is -0.762. The summed E-state index contributed by atoms with van der Waals surface area (Å²) in [5, 5.41) is 7.21. The van der Waals surface area contributed by atoms with Crippen molar-refractivity contribution in [3.8, 4) is 11.5 Å². The van der Waals surface area contributed by atoms with Crippen LogP contribution in [-0.2, 0) is 16.1 Å². The van der Waals surface area contributed by atoms with E-state index in [0.717, 1.165) is 23.3 Å². The molecular formula is C22H24N4O4. The van der Waals surface area contributed by atoms with E-state index in [1.165, 1.54) is 0 Å². The number of carbonyl (C=O) groups excluding carboxylic acids is 1. The molecule has 4 rings (SSSR count). The molecule has 8 nitrogen and oxygen atoms in total. The van der Waals surface area contributed by atoms with E-state index in [1.54, 1.807) is 12.1 Å². The van der Waals surface area contributed by atoms with Gasteiger partial charge in [-0.1, -0.05) is 48.5 Å². The van der Waals surface area contributed by atoms with Gasteiger partial charge in [0, 0.05) is 25.2 Å². The van der Waals surface area contributed by atoms with Gasteiger partial charge < -0.3 is 14.5 Å². The number of nitrogens with one attached hydrogen (secondary N) is 1. The molecule has 1 N–H and O–H groups in total. The first-order chi connectivity index (χ1) is 14.7. The highest BCUT2D eigenvalue weighted by molar-refractivity contribution is 5.76. The van der Waals surface area contributed by atoms with Crippen molar-refractivity contribution in [2.75, 3.05) is 32.8 Å². The van der Waals surface area contributed by atoms with Crippen LogP contribution >= 0.6 is 0 Å². The van der Waals surface area contributed by atoms with Crippen LogP contribution in [0.4, 0.5) is 0 Å². The van der Waals surface area contributed by atoms with Crippen molar-refractivity contribution in [1.82, 2.24) is 20.0 Å². The maximum atomic E-state index is 12.7. The second kappa shape index (κ2) is 9.51. The highest BCUT2D eigenvalue weighted by atomic mass is 16.5. The molecule has 1 atom stereocenters. The van der Waals surface area contributed by atoms with Crippen LogP contribution in [0.3, 0.4) is 0 Å². The first-order valence-corrected chi connectivity index (χ1v) is 9.97. The van der Waals surface area contributed by atoms with E-state index in [2.05, 4.69) is 15.3 Å². The molecule has 1 fully saturated rings. The topological polar surface area (TPSA) is 89.6 Å². The summed E-state index contributed by atoms with van der Waals surface area (Å²) in [6.45, 7) is 3.48. The van der Waals surface area contributed by atoms with E-state index >= 15 is 0 Å². The Morgan fingerprint density at radius 3 is 2.40 bits per heavy atom. The van der Waals surface area contributed by atoms with Crippen LogP contribution in [0.25, 0.3) is 11.5 Å². The Bertz CT molecular complexity index is 1010. The number of nitrogens with zero attached hydrogens (tertiary/aromatic N) is 3. The Kier molecular flexibility index (Phi) is 6.36. The van der Waals surface area contributed by atoms with Crippen LogP contribution in [0.2, 0.25) is 0 Å². The molecule has 156 valence electrons. The first kappa shape index (κ1) is 20.1. The summed E-state index contributed by atoms with van der Waals surface area (Å²) in [5.41, 5.74) is 1.69. The number of morpholine rings is 1. The number of benzene rings is 2. The number of aromatic nitrogens is 2. The summed E-state index contributed by atoms with van der Waals surface area (Å²) in [6.07, 6.45) is 0. The Labute approximate surface area is 174 Å². The van der Waals surface area contributed by atoms with Crippen molar-refractivity contribution < 1.29 is 13.9 Å². The van der Waals surface area contributed by atoms with Gasteiger partial charge in [0.2, 0.25) is 11.8 Å². The zero-order valence-corrected chi connectivity index (χ0v) is 16.6. The highest BCUT2D eigenvalue weighted by Crippen LogP contribution is 2.16. The van der Waals surface area contributed by atoms with Crippen molar-refractivity contribution >= 4 is 5.91 Å². The van der Waals surface area contributed by atoms with Crippen molar-refractivity contribution in [2.45, 2.75) is 12.6 Å². The van der Waals surface area contributed by atoms with Crippen molar-refractivity contribution in [1.29, 1.82) is 0 Å². The number of ether oxygens (including phenoxy) is 1. The predicted molar refractivity (Wildman–Crippen MR) is 111 cm³/mol. The van der Waals surface area contributed by atoms with E-state index in [4.69, 9.17) is 9.15 Å². The molecule has 3 aromatic rings. The molecule has 0 spiro atoms. The molecule has 1 aliphatic heterocycles. The third-order valence-electron chi connectivity index (χ3n) is 5.00. The predicted octanol–water partition coefficient (Wildman–Crippen LogP) is 1.69. The number of hydrogen-bond donors (Lipinski definition) is 1. The lowest BCUT2D eigenvalue weighted by molar-refractivity contribution is -0.122. The molecule has 0 radical (unpaired) electrons. The first-order valence-electron chi connectivity index (χ1n) is 9.97. The summed E-state index contributed by atoms with van der Waals surface area (Å²) in [4.78, 5) is 27.2. The smallest absolute Gasteiger partial charge is 0.388 e. The fourth-order valence-corrected chi connectivity index (χ4v) is 3.44. The molecular weight excluding hydrogens is 384 g/mol. The normalized spacial score (nSPS) is 15.6. The fourth-order valence-electron chi connectivity index (χ4n) is 3.44. The van der Waals surface area contributed by atoms with E-state index in [1.807, 2.05) is 48.5 Å². The zero-order chi connectivity index (χ0) is 20.8. The van der Waals surface area contributed by atoms with Crippen molar-refractivity contribution in [2.24, 2.45) is 0 Å². The maximum absolute atomic E-state index is 12.7. The molecule has 1 amide bonds. The number of hydrogen-bond acceptors (Lipinski definition) is 6. The molecule has 0 bridgehead atoms. The molecule has 30 heavy (non-hydrogen) atoms. The Morgan fingerprint density at radius 1 is 1.03 bits per heavy atom. The van der Waals surface area contributed by atoms with Gasteiger partial charge in [-0.2, -0.15) is 4.68 Å². The lowest BCUT2D eigenvalue weighted by Crippen LogP contribution is -2.44. The quantitative estimate of drug-likeness (QED) is 0.640. The van der Waals surface area contributed by atoms with Crippen LogP contribution in [0, 0.1) is 0 Å². The van der Waals surface area contributed by atoms with Gasteiger partial charge in [-0.15, -0.1) is 5.10 Å². The third-order valence-corrected chi connectivity index (χ3v) is 5.00. The molecule has 1 unspecified atom stereocenters. The van der Waals surface area contributed by atoms with Crippen LogP contribution in [0.1, 0.15) is 11.6 Å². The summed E-state index contributed by atoms with van der Waals surface area (Å²) >= 11 is 0. The minimum Gasteiger partial charge on any atom is -0.388 e. The van der Waals surface area contributed by atoms with E-state index in [9.17, 15) is 9.59 Å². The third kappa shape index (κ3) is 5.03. The molecule has 2 heterocycles. The van der Waals surface area contributed by atoms with E-state index < -0.39 is 5.76 Å². The van der Waals surface area contributed by atoms with Gasteiger partial charge in [0.05, 0.1) is 19.3 Å². The van der Waals surface area contributed by atoms with Crippen molar-refractivity contribution in [3.63, 3.8) is 0 Å². The molecule has 0 saturated carbocycles.